The summed E-state index contributed by atoms with van der Waals surface area (Å²) in [6.45, 7) is 8.46. The summed E-state index contributed by atoms with van der Waals surface area (Å²) in [6.07, 6.45) is 1.85. The first-order valence-electron chi connectivity index (χ1n) is 16.2. The van der Waals surface area contributed by atoms with Crippen LogP contribution in [-0.4, -0.2) is 0 Å². The zero-order valence-electron chi connectivity index (χ0n) is 28.2. The predicted octanol–water partition coefficient (Wildman–Crippen LogP) is 6.72. The molecule has 8 rings (SSSR count). The molecule has 5 heteroatoms. The normalized spacial score (nSPS) is 10.5. The molecule has 2 nitrogen and oxygen atoms in total. The van der Waals surface area contributed by atoms with E-state index in [9.17, 15) is 0 Å². The van der Waals surface area contributed by atoms with Gasteiger partial charge in [-0.15, -0.1) is 57.9 Å². The van der Waals surface area contributed by atoms with Crippen molar-refractivity contribution in [2.45, 2.75) is 40.5 Å². The summed E-state index contributed by atoms with van der Waals surface area (Å²) in [4.78, 5) is 0. The molecule has 0 saturated heterocycles. The Hall–Kier alpha value is -3.88. The van der Waals surface area contributed by atoms with E-state index < -0.39 is 0 Å². The average molecular weight is 761 g/mol. The van der Waals surface area contributed by atoms with Crippen molar-refractivity contribution in [3.05, 3.63) is 156 Å². The molecule has 2 aromatic heterocycles. The SMILES string of the molecule is CCc1ccc(-c2cc3c(-c4ccc(C)cc4)cccc3[cH-]2)o1.CCc1ccc(-c2cc3c(-c4ccc(C)cc4)cccc3[cH-]2)o1.[Cl-].[Cl-].[Zr+4]. The second kappa shape index (κ2) is 16.7. The maximum absolute atomic E-state index is 5.91. The van der Waals surface area contributed by atoms with Gasteiger partial charge in [0.15, 0.2) is 0 Å². The van der Waals surface area contributed by atoms with Gasteiger partial charge in [0.05, 0.1) is 23.0 Å². The van der Waals surface area contributed by atoms with Gasteiger partial charge in [-0.05, 0) is 49.2 Å². The van der Waals surface area contributed by atoms with Gasteiger partial charge in [0.2, 0.25) is 0 Å². The summed E-state index contributed by atoms with van der Waals surface area (Å²) in [5.74, 6) is 3.97. The maximum atomic E-state index is 5.91. The van der Waals surface area contributed by atoms with Crippen molar-refractivity contribution in [3.8, 4) is 44.9 Å². The maximum Gasteiger partial charge on any atom is 4.00 e. The number of rotatable bonds is 6. The Kier molecular flexibility index (Phi) is 12.9. The van der Waals surface area contributed by atoms with Crippen LogP contribution in [0.3, 0.4) is 0 Å². The van der Waals surface area contributed by atoms with Crippen molar-refractivity contribution in [2.75, 3.05) is 0 Å². The Bertz CT molecular complexity index is 2080. The summed E-state index contributed by atoms with van der Waals surface area (Å²) >= 11 is 0. The van der Waals surface area contributed by atoms with Crippen molar-refractivity contribution in [1.29, 1.82) is 0 Å². The third-order valence-electron chi connectivity index (χ3n) is 8.82. The van der Waals surface area contributed by atoms with E-state index in [0.717, 1.165) is 47.0 Å². The van der Waals surface area contributed by atoms with Crippen LogP contribution in [0.2, 0.25) is 0 Å². The van der Waals surface area contributed by atoms with Crippen LogP contribution < -0.4 is 24.8 Å². The average Bonchev–Trinajstić information content (AvgIpc) is 3.90. The first kappa shape index (κ1) is 37.9. The van der Waals surface area contributed by atoms with Crippen LogP contribution >= 0.6 is 0 Å². The van der Waals surface area contributed by atoms with Gasteiger partial charge in [-0.3, -0.25) is 0 Å². The van der Waals surface area contributed by atoms with Crippen LogP contribution in [0.1, 0.15) is 36.5 Å². The number of hydrogen-bond acceptors (Lipinski definition) is 2. The van der Waals surface area contributed by atoms with Crippen LogP contribution in [0.15, 0.2) is 142 Å². The van der Waals surface area contributed by atoms with Crippen LogP contribution in [0.25, 0.3) is 66.4 Å². The minimum Gasteiger partial charge on any atom is -1.00 e. The molecule has 2 heterocycles. The Morgan fingerprint density at radius 3 is 1.22 bits per heavy atom. The molecule has 0 N–H and O–H groups in total. The van der Waals surface area contributed by atoms with Gasteiger partial charge in [-0.1, -0.05) is 120 Å². The second-order valence-electron chi connectivity index (χ2n) is 12.1. The first-order chi connectivity index (χ1) is 22.5. The fraction of sp³-hybridized carbons (Fsp3) is 0.136. The minimum absolute atomic E-state index is 0. The van der Waals surface area contributed by atoms with E-state index in [1.807, 2.05) is 0 Å². The van der Waals surface area contributed by atoms with Gasteiger partial charge in [0, 0.05) is 12.8 Å². The zero-order valence-corrected chi connectivity index (χ0v) is 32.2. The minimum atomic E-state index is 0. The van der Waals surface area contributed by atoms with E-state index >= 15 is 0 Å². The standard InChI is InChI=1S/2C22H19O.2ClH.Zr/c2*1-3-19-11-12-22(23-19)18-13-17-5-4-6-20(21(17)14-18)16-9-7-15(2)8-10-16;;;/h2*4-14H,3H2,1-2H3;2*1H;/q2*-1;;;+4/p-2. The van der Waals surface area contributed by atoms with Gasteiger partial charge >= 0.3 is 26.2 Å². The van der Waals surface area contributed by atoms with E-state index in [1.54, 1.807) is 0 Å². The van der Waals surface area contributed by atoms with E-state index in [1.165, 1.54) is 54.9 Å². The Morgan fingerprint density at radius 1 is 0.490 bits per heavy atom. The monoisotopic (exact) mass is 758 g/mol. The Balaban J connectivity index is 0.000000208. The Morgan fingerprint density at radius 2 is 0.878 bits per heavy atom. The van der Waals surface area contributed by atoms with Crippen molar-refractivity contribution in [1.82, 2.24) is 0 Å². The quantitative estimate of drug-likeness (QED) is 0.176. The second-order valence-corrected chi connectivity index (χ2v) is 12.1. The van der Waals surface area contributed by atoms with E-state index in [-0.39, 0.29) is 51.0 Å². The number of fused-ring (bicyclic) bond motifs is 2. The van der Waals surface area contributed by atoms with Crippen molar-refractivity contribution < 1.29 is 59.9 Å². The molecule has 0 aliphatic rings. The molecule has 0 unspecified atom stereocenters. The van der Waals surface area contributed by atoms with E-state index in [4.69, 9.17) is 8.83 Å². The van der Waals surface area contributed by atoms with E-state index in [0.29, 0.717) is 0 Å². The summed E-state index contributed by atoms with van der Waals surface area (Å²) in [6, 6.07) is 47.6. The number of aryl methyl sites for hydroxylation is 4. The molecule has 0 radical (unpaired) electrons. The van der Waals surface area contributed by atoms with Gasteiger partial charge in [0.1, 0.15) is 0 Å². The number of hydrogen-bond donors (Lipinski definition) is 0. The van der Waals surface area contributed by atoms with Gasteiger partial charge in [-0.25, -0.2) is 0 Å². The summed E-state index contributed by atoms with van der Waals surface area (Å²) in [5.41, 5.74) is 9.93. The van der Waals surface area contributed by atoms with Crippen LogP contribution in [0.4, 0.5) is 0 Å². The van der Waals surface area contributed by atoms with Gasteiger partial charge in [-0.2, -0.15) is 0 Å². The molecule has 0 spiro atoms. The molecule has 0 fully saturated rings. The van der Waals surface area contributed by atoms with Crippen LogP contribution in [-0.2, 0) is 39.0 Å². The molecule has 0 aliphatic heterocycles. The smallest absolute Gasteiger partial charge is 1.00 e. The molecular weight excluding hydrogens is 723 g/mol. The molecule has 49 heavy (non-hydrogen) atoms. The fourth-order valence-corrected chi connectivity index (χ4v) is 6.17. The van der Waals surface area contributed by atoms with Crippen molar-refractivity contribution >= 4 is 21.5 Å². The first-order valence-corrected chi connectivity index (χ1v) is 16.2. The molecule has 0 atom stereocenters. The molecule has 8 aromatic rings. The van der Waals surface area contributed by atoms with Crippen molar-refractivity contribution in [2.24, 2.45) is 0 Å². The molecule has 0 aliphatic carbocycles. The number of halogens is 2. The molecule has 6 aromatic carbocycles. The number of benzene rings is 4. The number of furan rings is 2. The third kappa shape index (κ3) is 8.13. The summed E-state index contributed by atoms with van der Waals surface area (Å²) < 4.78 is 11.8. The van der Waals surface area contributed by atoms with Gasteiger partial charge < -0.3 is 33.6 Å². The topological polar surface area (TPSA) is 26.3 Å². The fourth-order valence-electron chi connectivity index (χ4n) is 6.17. The Labute approximate surface area is 320 Å². The molecular formula is C44H38Cl2O2Zr. The molecule has 244 valence electrons. The van der Waals surface area contributed by atoms with Crippen molar-refractivity contribution in [3.63, 3.8) is 0 Å². The van der Waals surface area contributed by atoms with E-state index in [2.05, 4.69) is 161 Å². The summed E-state index contributed by atoms with van der Waals surface area (Å²) in [7, 11) is 0. The predicted molar refractivity (Wildman–Crippen MR) is 194 cm³/mol. The molecule has 0 saturated carbocycles. The third-order valence-corrected chi connectivity index (χ3v) is 8.82. The molecule has 0 bridgehead atoms. The molecule has 0 amide bonds. The van der Waals surface area contributed by atoms with Crippen LogP contribution in [0, 0.1) is 13.8 Å². The zero-order chi connectivity index (χ0) is 31.6. The van der Waals surface area contributed by atoms with Gasteiger partial charge in [0.25, 0.3) is 0 Å². The largest absolute Gasteiger partial charge is 4.00 e. The van der Waals surface area contributed by atoms with Crippen LogP contribution in [0.5, 0.6) is 0 Å². The summed E-state index contributed by atoms with van der Waals surface area (Å²) in [5, 5.41) is 5.07.